The zero-order valence-corrected chi connectivity index (χ0v) is 14.9. The van der Waals surface area contributed by atoms with E-state index in [0.717, 1.165) is 18.2 Å². The van der Waals surface area contributed by atoms with Crippen LogP contribution in [0.3, 0.4) is 0 Å². The van der Waals surface area contributed by atoms with Gasteiger partial charge in [-0.25, -0.2) is 18.0 Å². The molecular weight excluding hydrogens is 363 g/mol. The second-order valence-corrected chi connectivity index (χ2v) is 6.23. The van der Waals surface area contributed by atoms with Gasteiger partial charge in [-0.2, -0.15) is 0 Å². The van der Waals surface area contributed by atoms with Crippen LogP contribution in [0.2, 0.25) is 0 Å². The van der Waals surface area contributed by atoms with Gasteiger partial charge in [0.2, 0.25) is 0 Å². The van der Waals surface area contributed by atoms with Crippen molar-refractivity contribution in [3.8, 4) is 5.75 Å². The van der Waals surface area contributed by atoms with E-state index in [4.69, 9.17) is 9.47 Å². The summed E-state index contributed by atoms with van der Waals surface area (Å²) in [6.07, 6.45) is -1.30. The Hall–Kier alpha value is -3.03. The maximum atomic E-state index is 13.6. The maximum absolute atomic E-state index is 13.6. The molecule has 144 valence electrons. The smallest absolute Gasteiger partial charge is 0.350 e. The Morgan fingerprint density at radius 2 is 1.59 bits per heavy atom. The summed E-state index contributed by atoms with van der Waals surface area (Å²) in [6, 6.07) is 7.59. The van der Waals surface area contributed by atoms with Gasteiger partial charge in [0.05, 0.1) is 5.69 Å². The highest BCUT2D eigenvalue weighted by Gasteiger charge is 2.34. The zero-order chi connectivity index (χ0) is 20.2. The van der Waals surface area contributed by atoms with Crippen LogP contribution in [0.4, 0.5) is 18.9 Å². The van der Waals surface area contributed by atoms with Gasteiger partial charge < -0.3 is 14.8 Å². The zero-order valence-electron chi connectivity index (χ0n) is 14.9. The van der Waals surface area contributed by atoms with Crippen molar-refractivity contribution in [2.75, 3.05) is 5.32 Å². The number of amides is 1. The number of hydrogen-bond donors (Lipinski definition) is 1. The first kappa shape index (κ1) is 20.3. The first-order valence-corrected chi connectivity index (χ1v) is 8.00. The Morgan fingerprint density at radius 1 is 1.00 bits per heavy atom. The van der Waals surface area contributed by atoms with E-state index in [0.29, 0.717) is 0 Å². The number of carbonyl (C=O) groups is 2. The van der Waals surface area contributed by atoms with E-state index in [1.165, 1.54) is 45.0 Å². The van der Waals surface area contributed by atoms with Gasteiger partial charge in [0.25, 0.3) is 5.91 Å². The van der Waals surface area contributed by atoms with Gasteiger partial charge in [-0.3, -0.25) is 4.79 Å². The molecule has 2 aromatic rings. The third kappa shape index (κ3) is 5.47. The molecule has 0 fully saturated rings. The molecule has 0 aliphatic heterocycles. The highest BCUT2D eigenvalue weighted by atomic mass is 19.1. The van der Waals surface area contributed by atoms with Gasteiger partial charge in [-0.15, -0.1) is 0 Å². The summed E-state index contributed by atoms with van der Waals surface area (Å²) in [5, 5.41) is 2.15. The lowest BCUT2D eigenvalue weighted by atomic mass is 10.1. The Morgan fingerprint density at radius 3 is 2.22 bits per heavy atom. The first-order valence-electron chi connectivity index (χ1n) is 8.00. The fourth-order valence-electron chi connectivity index (χ4n) is 2.02. The molecule has 0 aliphatic carbocycles. The van der Waals surface area contributed by atoms with E-state index in [9.17, 15) is 22.8 Å². The van der Waals surface area contributed by atoms with Crippen molar-refractivity contribution in [3.05, 3.63) is 59.9 Å². The second-order valence-electron chi connectivity index (χ2n) is 6.23. The van der Waals surface area contributed by atoms with Crippen molar-refractivity contribution in [2.45, 2.75) is 32.5 Å². The first-order chi connectivity index (χ1) is 12.6. The molecule has 1 N–H and O–H groups in total. The largest absolute Gasteiger partial charge is 0.476 e. The molecule has 2 aromatic carbocycles. The number of carbonyl (C=O) groups excluding carboxylic acids is 2. The number of anilines is 1. The highest BCUT2D eigenvalue weighted by molar-refractivity contribution is 5.95. The molecule has 5 nitrogen and oxygen atoms in total. The normalized spacial score (nSPS) is 12.2. The average molecular weight is 381 g/mol. The summed E-state index contributed by atoms with van der Waals surface area (Å²) in [5.41, 5.74) is -1.85. The van der Waals surface area contributed by atoms with Gasteiger partial charge in [-0.05, 0) is 57.2 Å². The van der Waals surface area contributed by atoms with Gasteiger partial charge >= 0.3 is 5.97 Å². The van der Waals surface area contributed by atoms with Gasteiger partial charge in [0.15, 0.2) is 11.7 Å². The molecule has 0 aromatic heterocycles. The molecule has 1 atom stereocenters. The van der Waals surface area contributed by atoms with Crippen LogP contribution in [0.15, 0.2) is 42.5 Å². The Labute approximate surface area is 154 Å². The van der Waals surface area contributed by atoms with Crippen LogP contribution in [0.5, 0.6) is 5.75 Å². The van der Waals surface area contributed by atoms with Crippen molar-refractivity contribution >= 4 is 17.6 Å². The number of nitrogens with one attached hydrogen (secondary N) is 1. The molecule has 0 aliphatic rings. The predicted molar refractivity (Wildman–Crippen MR) is 91.6 cm³/mol. The van der Waals surface area contributed by atoms with Crippen LogP contribution < -0.4 is 10.1 Å². The minimum Gasteiger partial charge on any atom is -0.476 e. The molecule has 0 saturated heterocycles. The van der Waals surface area contributed by atoms with Crippen molar-refractivity contribution in [1.82, 2.24) is 0 Å². The lowest BCUT2D eigenvalue weighted by molar-refractivity contribution is -0.166. The van der Waals surface area contributed by atoms with Crippen LogP contribution in [0.1, 0.15) is 20.8 Å². The minimum absolute atomic E-state index is 0.234. The Kier molecular flexibility index (Phi) is 6.09. The lowest BCUT2D eigenvalue weighted by Gasteiger charge is -2.26. The van der Waals surface area contributed by atoms with Gasteiger partial charge in [0, 0.05) is 6.07 Å². The third-order valence-corrected chi connectivity index (χ3v) is 3.52. The Bertz CT molecular complexity index is 837. The third-order valence-electron chi connectivity index (χ3n) is 3.52. The van der Waals surface area contributed by atoms with E-state index >= 15 is 0 Å². The number of rotatable bonds is 6. The van der Waals surface area contributed by atoms with Crippen LogP contribution in [0, 0.1) is 17.5 Å². The summed E-state index contributed by atoms with van der Waals surface area (Å²) < 4.78 is 50.2. The van der Waals surface area contributed by atoms with Crippen LogP contribution in [-0.2, 0) is 14.3 Å². The summed E-state index contributed by atoms with van der Waals surface area (Å²) in [4.78, 5) is 24.4. The van der Waals surface area contributed by atoms with E-state index in [1.807, 2.05) is 0 Å². The van der Waals surface area contributed by atoms with Gasteiger partial charge in [-0.1, -0.05) is 0 Å². The van der Waals surface area contributed by atoms with E-state index in [1.54, 1.807) is 0 Å². The molecule has 0 unspecified atom stereocenters. The van der Waals surface area contributed by atoms with Crippen LogP contribution in [0.25, 0.3) is 0 Å². The standard InChI is InChI=1S/C19H18F3NO4/c1-11(17(24)23-16-10-13(21)6-9-15(16)22)26-18(25)19(2,3)27-14-7-4-12(20)5-8-14/h4-11H,1-3H3,(H,23,24)/t11-/m0/s1. The molecule has 1 amide bonds. The second kappa shape index (κ2) is 8.11. The number of esters is 1. The molecule has 27 heavy (non-hydrogen) atoms. The molecule has 0 radical (unpaired) electrons. The SMILES string of the molecule is C[C@H](OC(=O)C(C)(C)Oc1ccc(F)cc1)C(=O)Nc1cc(F)ccc1F. The summed E-state index contributed by atoms with van der Waals surface area (Å²) in [7, 11) is 0. The molecule has 0 saturated carbocycles. The number of halogens is 3. The highest BCUT2D eigenvalue weighted by Crippen LogP contribution is 2.21. The summed E-state index contributed by atoms with van der Waals surface area (Å²) in [6.45, 7) is 4.10. The summed E-state index contributed by atoms with van der Waals surface area (Å²) in [5.74, 6) is -3.50. The minimum atomic E-state index is -1.48. The van der Waals surface area contributed by atoms with Crippen LogP contribution >= 0.6 is 0 Å². The molecule has 2 rings (SSSR count). The van der Waals surface area contributed by atoms with Crippen LogP contribution in [-0.4, -0.2) is 23.6 Å². The summed E-state index contributed by atoms with van der Waals surface area (Å²) >= 11 is 0. The molecule has 0 bridgehead atoms. The van der Waals surface area contributed by atoms with Crippen molar-refractivity contribution in [2.24, 2.45) is 0 Å². The molecular formula is C19H18F3NO4. The maximum Gasteiger partial charge on any atom is 0.350 e. The fraction of sp³-hybridized carbons (Fsp3) is 0.263. The molecule has 8 heteroatoms. The van der Waals surface area contributed by atoms with Crippen molar-refractivity contribution < 1.29 is 32.2 Å². The van der Waals surface area contributed by atoms with E-state index in [2.05, 4.69) is 5.32 Å². The number of hydrogen-bond acceptors (Lipinski definition) is 4. The van der Waals surface area contributed by atoms with Gasteiger partial charge in [0.1, 0.15) is 23.2 Å². The lowest BCUT2D eigenvalue weighted by Crippen LogP contribution is -2.43. The monoisotopic (exact) mass is 381 g/mol. The Balaban J connectivity index is 1.99. The quantitative estimate of drug-likeness (QED) is 0.773. The fourth-order valence-corrected chi connectivity index (χ4v) is 2.02. The molecule has 0 heterocycles. The van der Waals surface area contributed by atoms with Crippen molar-refractivity contribution in [1.29, 1.82) is 0 Å². The van der Waals surface area contributed by atoms with E-state index in [-0.39, 0.29) is 11.4 Å². The van der Waals surface area contributed by atoms with E-state index < -0.39 is 41.0 Å². The van der Waals surface area contributed by atoms with Crippen molar-refractivity contribution in [3.63, 3.8) is 0 Å². The topological polar surface area (TPSA) is 64.6 Å². The molecule has 0 spiro atoms. The number of benzene rings is 2. The average Bonchev–Trinajstić information content (AvgIpc) is 2.59. The predicted octanol–water partition coefficient (Wildman–Crippen LogP) is 3.83. The number of ether oxygens (including phenoxy) is 2.